The molecular formula is C45H68N4O14. The van der Waals surface area contributed by atoms with E-state index in [9.17, 15) is 29.7 Å². The fourth-order valence-electron chi connectivity index (χ4n) is 8.40. The van der Waals surface area contributed by atoms with Gasteiger partial charge >= 0.3 is 12.1 Å². The van der Waals surface area contributed by atoms with Crippen LogP contribution in [-0.2, 0) is 33.3 Å². The number of fused-ring (bicyclic) bond motifs is 8. The van der Waals surface area contributed by atoms with E-state index in [0.29, 0.717) is 29.9 Å². The first-order valence-corrected chi connectivity index (χ1v) is 21.8. The number of cyclic esters (lactones) is 1. The molecule has 4 heterocycles. The highest BCUT2D eigenvalue weighted by molar-refractivity contribution is 5.81. The van der Waals surface area contributed by atoms with Gasteiger partial charge in [-0.3, -0.25) is 9.59 Å². The minimum absolute atomic E-state index is 0.000469. The summed E-state index contributed by atoms with van der Waals surface area (Å²) in [5.74, 6) is -2.07. The fourth-order valence-corrected chi connectivity index (χ4v) is 8.40. The van der Waals surface area contributed by atoms with Crippen LogP contribution in [0.25, 0.3) is 29.2 Å². The number of esters is 1. The average Bonchev–Trinajstić information content (AvgIpc) is 4.03. The van der Waals surface area contributed by atoms with Gasteiger partial charge in [0.15, 0.2) is 11.4 Å². The number of methoxy groups -OCH3 is 3. The van der Waals surface area contributed by atoms with Crippen molar-refractivity contribution >= 4 is 23.9 Å². The van der Waals surface area contributed by atoms with Crippen molar-refractivity contribution in [3.05, 3.63) is 36.5 Å². The van der Waals surface area contributed by atoms with Crippen molar-refractivity contribution in [2.24, 2.45) is 41.2 Å². The summed E-state index contributed by atoms with van der Waals surface area (Å²) in [6.07, 6.45) is 2.74. The van der Waals surface area contributed by atoms with Crippen LogP contribution < -0.4 is 5.73 Å². The molecule has 3 aromatic heterocycles. The summed E-state index contributed by atoms with van der Waals surface area (Å²) in [7, 11) is 4.62. The summed E-state index contributed by atoms with van der Waals surface area (Å²) in [5.41, 5.74) is 6.49. The van der Waals surface area contributed by atoms with E-state index in [1.165, 1.54) is 25.9 Å². The number of hydrogen-bond donors (Lipinski definition) is 4. The van der Waals surface area contributed by atoms with Gasteiger partial charge in [0.1, 0.15) is 48.6 Å². The molecule has 352 valence electrons. The Morgan fingerprint density at radius 2 is 1.56 bits per heavy atom. The topological polar surface area (TPSA) is 262 Å². The predicted molar refractivity (Wildman–Crippen MR) is 228 cm³/mol. The van der Waals surface area contributed by atoms with E-state index in [2.05, 4.69) is 15.0 Å². The van der Waals surface area contributed by atoms with Crippen LogP contribution in [0.5, 0.6) is 0 Å². The Morgan fingerprint density at radius 1 is 0.873 bits per heavy atom. The molecule has 0 saturated heterocycles. The molecule has 18 heteroatoms. The fraction of sp³-hybridized carbons (Fsp3) is 0.689. The summed E-state index contributed by atoms with van der Waals surface area (Å²) in [6.45, 7) is 11.2. The molecule has 6 bridgehead atoms. The lowest BCUT2D eigenvalue weighted by Crippen LogP contribution is -2.39. The van der Waals surface area contributed by atoms with E-state index in [4.69, 9.17) is 42.7 Å². The number of nitrogens with zero attached hydrogens (tertiary/aromatic N) is 3. The zero-order valence-corrected chi connectivity index (χ0v) is 38.0. The molecule has 1 aliphatic rings. The summed E-state index contributed by atoms with van der Waals surface area (Å²) in [6, 6.07) is 0. The van der Waals surface area contributed by atoms with E-state index >= 15 is 0 Å². The average molecular weight is 889 g/mol. The van der Waals surface area contributed by atoms with E-state index in [0.717, 1.165) is 0 Å². The van der Waals surface area contributed by atoms with E-state index in [1.54, 1.807) is 33.3 Å². The molecule has 13 unspecified atom stereocenters. The lowest BCUT2D eigenvalue weighted by Gasteiger charge is -2.33. The van der Waals surface area contributed by atoms with Gasteiger partial charge in [-0.05, 0) is 55.9 Å². The van der Waals surface area contributed by atoms with Crippen LogP contribution in [-0.4, -0.2) is 113 Å². The van der Waals surface area contributed by atoms with Gasteiger partial charge in [-0.1, -0.05) is 47.6 Å². The van der Waals surface area contributed by atoms with Gasteiger partial charge < -0.3 is 58.0 Å². The normalized spacial score (nSPS) is 27.1. The lowest BCUT2D eigenvalue weighted by molar-refractivity contribution is -0.159. The number of aromatic nitrogens is 3. The Kier molecular flexibility index (Phi) is 20.0. The number of rotatable bonds is 15. The number of oxazole rings is 3. The third kappa shape index (κ3) is 14.5. The number of primary amides is 1. The van der Waals surface area contributed by atoms with Crippen LogP contribution >= 0.6 is 0 Å². The van der Waals surface area contributed by atoms with Crippen molar-refractivity contribution in [3.8, 4) is 23.2 Å². The smallest absolute Gasteiger partial charge is 0.404 e. The second-order valence-corrected chi connectivity index (χ2v) is 17.2. The molecule has 4 rings (SSSR count). The van der Waals surface area contributed by atoms with Crippen LogP contribution in [0.4, 0.5) is 4.79 Å². The summed E-state index contributed by atoms with van der Waals surface area (Å²) < 4.78 is 45.9. The second-order valence-electron chi connectivity index (χ2n) is 17.2. The molecule has 18 nitrogen and oxygen atoms in total. The Bertz CT molecular complexity index is 1890. The van der Waals surface area contributed by atoms with Crippen molar-refractivity contribution < 1.29 is 66.6 Å². The SMILES string of the molecule is COC(CC1OC(=O)CC(OC(N)=O)CC(C)CC(O)C(C)C(OC)c2coc(n2)-c2coc(n2)-c2coc(n2)/C=C/CC(O)C1C)C(C)CCC(=O)C(C)C(OC)C(C)CCO. The van der Waals surface area contributed by atoms with Crippen LogP contribution in [0.2, 0.25) is 0 Å². The second kappa shape index (κ2) is 24.6. The van der Waals surface area contributed by atoms with Crippen LogP contribution in [0, 0.1) is 35.5 Å². The number of nitrogens with two attached hydrogens (primary N) is 1. The van der Waals surface area contributed by atoms with Gasteiger partial charge in [0, 0.05) is 58.5 Å². The van der Waals surface area contributed by atoms with Gasteiger partial charge in [-0.2, -0.15) is 0 Å². The van der Waals surface area contributed by atoms with Crippen LogP contribution in [0.15, 0.2) is 38.1 Å². The van der Waals surface area contributed by atoms with Crippen molar-refractivity contribution in [1.29, 1.82) is 0 Å². The maximum atomic E-state index is 13.8. The molecule has 0 fully saturated rings. The van der Waals surface area contributed by atoms with Crippen molar-refractivity contribution in [1.82, 2.24) is 15.0 Å². The van der Waals surface area contributed by atoms with Crippen molar-refractivity contribution in [3.63, 3.8) is 0 Å². The number of ether oxygens (including phenoxy) is 5. The molecular weight excluding hydrogens is 821 g/mol. The molecule has 0 spiro atoms. The third-order valence-electron chi connectivity index (χ3n) is 12.4. The van der Waals surface area contributed by atoms with Gasteiger partial charge in [-0.15, -0.1) is 0 Å². The Hall–Kier alpha value is -4.46. The molecule has 13 atom stereocenters. The first kappa shape index (κ1) is 51.2. The van der Waals surface area contributed by atoms with E-state index < -0.39 is 60.5 Å². The number of aliphatic hydroxyl groups excluding tert-OH is 3. The number of aliphatic hydroxyl groups is 3. The largest absolute Gasteiger partial charge is 0.462 e. The first-order valence-electron chi connectivity index (χ1n) is 21.8. The maximum Gasteiger partial charge on any atom is 0.404 e. The van der Waals surface area contributed by atoms with Gasteiger partial charge in [0.25, 0.3) is 0 Å². The van der Waals surface area contributed by atoms with Crippen LogP contribution in [0.1, 0.15) is 111 Å². The van der Waals surface area contributed by atoms with Gasteiger partial charge in [0.2, 0.25) is 17.7 Å². The highest BCUT2D eigenvalue weighted by Gasteiger charge is 2.35. The van der Waals surface area contributed by atoms with E-state index in [1.807, 2.05) is 34.6 Å². The highest BCUT2D eigenvalue weighted by atomic mass is 16.6. The monoisotopic (exact) mass is 888 g/mol. The van der Waals surface area contributed by atoms with Crippen molar-refractivity contribution in [2.45, 2.75) is 136 Å². The zero-order chi connectivity index (χ0) is 46.4. The number of hydrogen-bond acceptors (Lipinski definition) is 17. The molecule has 1 amide bonds. The lowest BCUT2D eigenvalue weighted by atomic mass is 9.84. The standard InChI is InChI=1S/C45H68N4O14/c1-24-17-30(62-45(46)55)19-40(54)63-38(20-37(56-7)25(2)13-14-35(52)28(5)41(57-8)26(3)15-16-50)27(4)34(51)11-10-12-39-47-32(22-59-39)43-49-33(23-61-43)44-48-31(21-60-44)42(58-9)29(6)36(53)18-24/h10,12,21-30,34,36-38,41-42,50-51,53H,11,13-20H2,1-9H3,(H2,46,55)/b12-10+. The molecule has 63 heavy (non-hydrogen) atoms. The quantitative estimate of drug-likeness (QED) is 0.122. The third-order valence-corrected chi connectivity index (χ3v) is 12.4. The van der Waals surface area contributed by atoms with E-state index in [-0.39, 0.29) is 98.4 Å². The van der Waals surface area contributed by atoms with Crippen LogP contribution in [0.3, 0.4) is 0 Å². The summed E-state index contributed by atoms with van der Waals surface area (Å²) >= 11 is 0. The number of amides is 1. The number of Topliss-reactive ketones (excluding diaryl/α,β-unsaturated/α-hetero) is 1. The van der Waals surface area contributed by atoms with Gasteiger partial charge in [-0.25, -0.2) is 19.7 Å². The molecule has 0 aromatic carbocycles. The molecule has 0 saturated carbocycles. The Morgan fingerprint density at radius 3 is 2.22 bits per heavy atom. The first-order chi connectivity index (χ1) is 30.0. The minimum atomic E-state index is -1.07. The molecule has 1 aliphatic heterocycles. The molecule has 0 radical (unpaired) electrons. The van der Waals surface area contributed by atoms with Crippen molar-refractivity contribution in [2.75, 3.05) is 27.9 Å². The predicted octanol–water partition coefficient (Wildman–Crippen LogP) is 6.33. The summed E-state index contributed by atoms with van der Waals surface area (Å²) in [5, 5.41) is 32.3. The van der Waals surface area contributed by atoms with Gasteiger partial charge in [0.05, 0.1) is 30.8 Å². The highest BCUT2D eigenvalue weighted by Crippen LogP contribution is 2.34. The Labute approximate surface area is 369 Å². The Balaban J connectivity index is 1.59. The zero-order valence-electron chi connectivity index (χ0n) is 38.0. The molecule has 5 N–H and O–H groups in total. The number of carbonyl (C=O) groups is 3. The molecule has 3 aromatic rings. The minimum Gasteiger partial charge on any atom is -0.462 e. The number of carbonyl (C=O) groups excluding carboxylic acids is 3. The molecule has 0 aliphatic carbocycles. The maximum absolute atomic E-state index is 13.8. The number of ketones is 1. The summed E-state index contributed by atoms with van der Waals surface area (Å²) in [4.78, 5) is 52.7.